The van der Waals surface area contributed by atoms with E-state index in [4.69, 9.17) is 9.47 Å². The summed E-state index contributed by atoms with van der Waals surface area (Å²) in [5.74, 6) is 1.86. The van der Waals surface area contributed by atoms with E-state index >= 15 is 0 Å². The maximum atomic E-state index is 12.3. The second-order valence-corrected chi connectivity index (χ2v) is 9.60. The lowest BCUT2D eigenvalue weighted by molar-refractivity contribution is -0.452. The molecule has 0 saturated carbocycles. The van der Waals surface area contributed by atoms with E-state index in [1.54, 1.807) is 25.1 Å². The van der Waals surface area contributed by atoms with Crippen LogP contribution in [0.2, 0.25) is 0 Å². The van der Waals surface area contributed by atoms with Crippen molar-refractivity contribution in [1.82, 2.24) is 0 Å². The van der Waals surface area contributed by atoms with Crippen molar-refractivity contribution in [3.8, 4) is 5.75 Å². The van der Waals surface area contributed by atoms with Crippen LogP contribution in [0.1, 0.15) is 64.7 Å². The summed E-state index contributed by atoms with van der Waals surface area (Å²) in [6.07, 6.45) is 4.64. The first kappa shape index (κ1) is 22.8. The molecule has 26 heavy (non-hydrogen) atoms. The maximum absolute atomic E-state index is 12.3. The largest absolute Gasteiger partial charge is 0.624 e. The number of thioether (sulfide) groups is 1. The standard InChI is InChI=1S/C21H35NO3S/c1-20(2,3)17-12-16(14-22(23)10-9-11-26-8)13-18(21(4,5)6)19(17)25-15-24-7/h12-14H,9-11,15H2,1-8H3/b22-14-. The van der Waals surface area contributed by atoms with Gasteiger partial charge in [-0.25, -0.2) is 4.74 Å². The highest BCUT2D eigenvalue weighted by Crippen LogP contribution is 2.40. The van der Waals surface area contributed by atoms with Gasteiger partial charge in [0.25, 0.3) is 0 Å². The van der Waals surface area contributed by atoms with Gasteiger partial charge in [0.15, 0.2) is 19.6 Å². The Kier molecular flexibility index (Phi) is 8.48. The second-order valence-electron chi connectivity index (χ2n) is 8.61. The summed E-state index contributed by atoms with van der Waals surface area (Å²) < 4.78 is 12.2. The van der Waals surface area contributed by atoms with Crippen molar-refractivity contribution < 1.29 is 14.2 Å². The SMILES string of the molecule is COCOc1c(C(C)(C)C)cc(/C=[N+](\[O-])CCCSC)cc1C(C)(C)C. The summed E-state index contributed by atoms with van der Waals surface area (Å²) in [4.78, 5) is 0. The molecule has 4 nitrogen and oxygen atoms in total. The van der Waals surface area contributed by atoms with Crippen LogP contribution in [-0.4, -0.2) is 43.4 Å². The molecule has 0 atom stereocenters. The molecule has 0 unspecified atom stereocenters. The van der Waals surface area contributed by atoms with Crippen LogP contribution < -0.4 is 4.74 Å². The first-order valence-electron chi connectivity index (χ1n) is 9.09. The minimum Gasteiger partial charge on any atom is -0.624 e. The third-order valence-electron chi connectivity index (χ3n) is 4.07. The highest BCUT2D eigenvalue weighted by atomic mass is 32.2. The molecule has 1 aromatic carbocycles. The summed E-state index contributed by atoms with van der Waals surface area (Å²) in [6.45, 7) is 13.7. The van der Waals surface area contributed by atoms with E-state index in [9.17, 15) is 5.21 Å². The van der Waals surface area contributed by atoms with Crippen LogP contribution >= 0.6 is 11.8 Å². The Morgan fingerprint density at radius 2 is 1.62 bits per heavy atom. The zero-order valence-corrected chi connectivity index (χ0v) is 18.5. The molecule has 1 rings (SSSR count). The van der Waals surface area contributed by atoms with Crippen molar-refractivity contribution in [1.29, 1.82) is 0 Å². The van der Waals surface area contributed by atoms with Gasteiger partial charge in [-0.3, -0.25) is 0 Å². The predicted molar refractivity (Wildman–Crippen MR) is 113 cm³/mol. The normalized spacial score (nSPS) is 13.2. The van der Waals surface area contributed by atoms with Crippen molar-refractivity contribution in [2.45, 2.75) is 58.8 Å². The number of rotatable bonds is 8. The second kappa shape index (κ2) is 9.65. The first-order valence-corrected chi connectivity index (χ1v) is 10.5. The molecule has 0 amide bonds. The van der Waals surface area contributed by atoms with E-state index in [1.165, 1.54) is 0 Å². The number of hydrogen-bond donors (Lipinski definition) is 0. The van der Waals surface area contributed by atoms with Gasteiger partial charge in [-0.15, -0.1) is 0 Å². The Morgan fingerprint density at radius 1 is 1.08 bits per heavy atom. The molecule has 0 aromatic heterocycles. The van der Waals surface area contributed by atoms with Gasteiger partial charge >= 0.3 is 0 Å². The lowest BCUT2D eigenvalue weighted by Gasteiger charge is -2.30. The minimum atomic E-state index is -0.112. The summed E-state index contributed by atoms with van der Waals surface area (Å²) in [5.41, 5.74) is 2.87. The van der Waals surface area contributed by atoms with Gasteiger partial charge in [-0.1, -0.05) is 41.5 Å². The molecular formula is C21H35NO3S. The van der Waals surface area contributed by atoms with E-state index in [0.717, 1.165) is 39.4 Å². The molecular weight excluding hydrogens is 346 g/mol. The van der Waals surface area contributed by atoms with Gasteiger partial charge in [0, 0.05) is 30.2 Å². The molecule has 1 aromatic rings. The van der Waals surface area contributed by atoms with E-state index in [0.29, 0.717) is 6.54 Å². The molecule has 0 radical (unpaired) electrons. The van der Waals surface area contributed by atoms with Gasteiger partial charge in [0.05, 0.1) is 0 Å². The van der Waals surface area contributed by atoms with E-state index in [1.807, 2.05) is 0 Å². The highest BCUT2D eigenvalue weighted by molar-refractivity contribution is 7.98. The molecule has 0 aliphatic heterocycles. The van der Waals surface area contributed by atoms with Crippen LogP contribution in [0.25, 0.3) is 0 Å². The molecule has 0 spiro atoms. The van der Waals surface area contributed by atoms with Crippen LogP contribution in [0, 0.1) is 5.21 Å². The monoisotopic (exact) mass is 381 g/mol. The number of nitrogens with zero attached hydrogens (tertiary/aromatic N) is 1. The predicted octanol–water partition coefficient (Wildman–Crippen LogP) is 4.95. The van der Waals surface area contributed by atoms with Gasteiger partial charge in [0.2, 0.25) is 0 Å². The van der Waals surface area contributed by atoms with Crippen molar-refractivity contribution in [3.63, 3.8) is 0 Å². The molecule has 0 N–H and O–H groups in total. The Hall–Kier alpha value is -1.20. The third-order valence-corrected chi connectivity index (χ3v) is 4.77. The van der Waals surface area contributed by atoms with Crippen molar-refractivity contribution >= 4 is 18.0 Å². The third kappa shape index (κ3) is 6.84. The lowest BCUT2D eigenvalue weighted by atomic mass is 9.78. The van der Waals surface area contributed by atoms with Gasteiger partial charge in [-0.2, -0.15) is 11.8 Å². The van der Waals surface area contributed by atoms with Crippen LogP contribution in [0.5, 0.6) is 5.75 Å². The van der Waals surface area contributed by atoms with Gasteiger partial charge in [0.1, 0.15) is 5.75 Å². The zero-order valence-electron chi connectivity index (χ0n) is 17.6. The molecule has 148 valence electrons. The topological polar surface area (TPSA) is 44.5 Å². The zero-order chi connectivity index (χ0) is 20.0. The van der Waals surface area contributed by atoms with E-state index in [2.05, 4.69) is 59.9 Å². The molecule has 5 heteroatoms. The average molecular weight is 382 g/mol. The Labute approximate surface area is 163 Å². The van der Waals surface area contributed by atoms with Crippen LogP contribution in [-0.2, 0) is 15.6 Å². The molecule has 0 saturated heterocycles. The molecule has 0 aliphatic rings. The fourth-order valence-corrected chi connectivity index (χ4v) is 3.13. The minimum absolute atomic E-state index is 0.112. The van der Waals surface area contributed by atoms with Crippen LogP contribution in [0.15, 0.2) is 12.1 Å². The highest BCUT2D eigenvalue weighted by Gasteiger charge is 2.28. The summed E-state index contributed by atoms with van der Waals surface area (Å²) in [6, 6.07) is 4.14. The summed E-state index contributed by atoms with van der Waals surface area (Å²) in [5, 5.41) is 12.3. The van der Waals surface area contributed by atoms with Gasteiger partial charge < -0.3 is 14.7 Å². The van der Waals surface area contributed by atoms with Crippen molar-refractivity contribution in [2.24, 2.45) is 0 Å². The van der Waals surface area contributed by atoms with E-state index < -0.39 is 0 Å². The van der Waals surface area contributed by atoms with Gasteiger partial charge in [-0.05, 0) is 35.0 Å². The first-order chi connectivity index (χ1) is 12.0. The Balaban J connectivity index is 3.44. The smallest absolute Gasteiger partial charge is 0.188 e. The number of hydroxylamine groups is 1. The lowest BCUT2D eigenvalue weighted by Crippen LogP contribution is -2.21. The fourth-order valence-electron chi connectivity index (χ4n) is 2.71. The average Bonchev–Trinajstić information content (AvgIpc) is 2.51. The molecule has 0 aliphatic carbocycles. The molecule has 0 fully saturated rings. The number of benzene rings is 1. The Morgan fingerprint density at radius 3 is 2.04 bits per heavy atom. The van der Waals surface area contributed by atoms with Crippen LogP contribution in [0.4, 0.5) is 0 Å². The number of ether oxygens (including phenoxy) is 2. The summed E-state index contributed by atoms with van der Waals surface area (Å²) in [7, 11) is 1.62. The van der Waals surface area contributed by atoms with Crippen molar-refractivity contribution in [3.05, 3.63) is 34.0 Å². The summed E-state index contributed by atoms with van der Waals surface area (Å²) >= 11 is 1.76. The van der Waals surface area contributed by atoms with E-state index in [-0.39, 0.29) is 17.6 Å². The number of hydrogen-bond acceptors (Lipinski definition) is 4. The maximum Gasteiger partial charge on any atom is 0.188 e. The Bertz CT molecular complexity index is 578. The molecule has 0 heterocycles. The number of methoxy groups -OCH3 is 1. The van der Waals surface area contributed by atoms with Crippen molar-refractivity contribution in [2.75, 3.05) is 32.5 Å². The molecule has 0 bridgehead atoms. The fraction of sp³-hybridized carbons (Fsp3) is 0.667. The van der Waals surface area contributed by atoms with Crippen LogP contribution in [0.3, 0.4) is 0 Å². The quantitative estimate of drug-likeness (QED) is 0.160.